The fourth-order valence-electron chi connectivity index (χ4n) is 1.19. The van der Waals surface area contributed by atoms with Gasteiger partial charge in [-0.2, -0.15) is 4.98 Å². The second-order valence-electron chi connectivity index (χ2n) is 3.17. The number of hydrogen-bond acceptors (Lipinski definition) is 6. The van der Waals surface area contributed by atoms with Gasteiger partial charge >= 0.3 is 5.69 Å². The topological polar surface area (TPSA) is 90.4 Å². The number of rotatable bonds is 4. The van der Waals surface area contributed by atoms with Gasteiger partial charge < -0.3 is 15.6 Å². The van der Waals surface area contributed by atoms with Crippen molar-refractivity contribution in [1.29, 1.82) is 0 Å². The molecule has 0 saturated heterocycles. The first-order valence-electron chi connectivity index (χ1n) is 4.84. The molecule has 0 unspecified atom stereocenters. The smallest absolute Gasteiger partial charge is 0.352 e. The fourth-order valence-corrected chi connectivity index (χ4v) is 1.30. The summed E-state index contributed by atoms with van der Waals surface area (Å²) in [4.78, 5) is 14.8. The number of nitrogen functional groups attached to an aromatic ring is 1. The van der Waals surface area contributed by atoms with Crippen molar-refractivity contribution >= 4 is 23.1 Å². The molecular weight excluding hydrogens is 249 g/mol. The van der Waals surface area contributed by atoms with Gasteiger partial charge in [0.05, 0.1) is 6.20 Å². The van der Waals surface area contributed by atoms with Crippen LogP contribution >= 0.6 is 12.2 Å². The Morgan fingerprint density at radius 3 is 3.00 bits per heavy atom. The second kappa shape index (κ2) is 5.69. The van der Waals surface area contributed by atoms with Crippen molar-refractivity contribution in [3.63, 3.8) is 0 Å². The third kappa shape index (κ3) is 3.21. The lowest BCUT2D eigenvalue weighted by Gasteiger charge is -2.19. The predicted octanol–water partition coefficient (Wildman–Crippen LogP) is 0.210. The van der Waals surface area contributed by atoms with Crippen molar-refractivity contribution in [2.24, 2.45) is 0 Å². The Kier molecular flexibility index (Phi) is 4.53. The van der Waals surface area contributed by atoms with E-state index in [0.29, 0.717) is 6.42 Å². The first-order chi connectivity index (χ1) is 7.99. The van der Waals surface area contributed by atoms with Gasteiger partial charge in [-0.05, 0) is 12.2 Å². The number of aliphatic hydroxyl groups is 1. The van der Waals surface area contributed by atoms with Crippen molar-refractivity contribution in [3.05, 3.63) is 22.5 Å². The van der Waals surface area contributed by atoms with Crippen LogP contribution in [0.1, 0.15) is 19.6 Å². The van der Waals surface area contributed by atoms with Gasteiger partial charge in [0.25, 0.3) is 0 Å². The maximum Gasteiger partial charge on any atom is 0.352 e. The van der Waals surface area contributed by atoms with E-state index < -0.39 is 30.2 Å². The predicted molar refractivity (Wildman–Crippen MR) is 63.0 cm³/mol. The number of anilines is 1. The highest BCUT2D eigenvalue weighted by Crippen LogP contribution is 2.13. The molecule has 1 heterocycles. The normalized spacial score (nSPS) is 12.2. The Labute approximate surface area is 102 Å². The summed E-state index contributed by atoms with van der Waals surface area (Å²) in [7, 11) is 0. The molecule has 17 heavy (non-hydrogen) atoms. The molecule has 0 aromatic carbocycles. The Balaban J connectivity index is 3.08. The molecule has 0 aliphatic rings. The standard InChI is InChI=1S/C9H12FN3O3S/c1-2-6(16-7(17)4-14)13-3-5(10)8(11)12-9(13)15/h3,6,14H,2,4H2,1H3,(H2,11,12,15)/t6-/m1/s1. The molecule has 1 rings (SSSR count). The van der Waals surface area contributed by atoms with Gasteiger partial charge in [-0.1, -0.05) is 6.92 Å². The van der Waals surface area contributed by atoms with Gasteiger partial charge in [0.1, 0.15) is 6.61 Å². The van der Waals surface area contributed by atoms with Crippen LogP contribution in [0, 0.1) is 5.82 Å². The van der Waals surface area contributed by atoms with E-state index in [1.54, 1.807) is 6.92 Å². The van der Waals surface area contributed by atoms with Gasteiger partial charge in [0, 0.05) is 6.42 Å². The van der Waals surface area contributed by atoms with Crippen LogP contribution in [-0.4, -0.2) is 26.3 Å². The van der Waals surface area contributed by atoms with Crippen LogP contribution < -0.4 is 11.4 Å². The summed E-state index contributed by atoms with van der Waals surface area (Å²) in [5.74, 6) is -1.28. The van der Waals surface area contributed by atoms with Crippen molar-refractivity contribution in [2.75, 3.05) is 12.3 Å². The highest BCUT2D eigenvalue weighted by Gasteiger charge is 2.16. The Bertz CT molecular complexity index is 477. The van der Waals surface area contributed by atoms with Gasteiger partial charge in [-0.3, -0.25) is 4.57 Å². The fraction of sp³-hybridized carbons (Fsp3) is 0.444. The van der Waals surface area contributed by atoms with E-state index in [2.05, 4.69) is 17.2 Å². The summed E-state index contributed by atoms with van der Waals surface area (Å²) in [6, 6.07) is 0. The maximum atomic E-state index is 13.2. The molecule has 0 amide bonds. The Morgan fingerprint density at radius 1 is 1.82 bits per heavy atom. The van der Waals surface area contributed by atoms with Crippen LogP contribution in [0.2, 0.25) is 0 Å². The number of nitrogens with zero attached hydrogens (tertiary/aromatic N) is 2. The summed E-state index contributed by atoms with van der Waals surface area (Å²) in [5, 5.41) is 8.65. The van der Waals surface area contributed by atoms with Crippen LogP contribution in [0.15, 0.2) is 11.0 Å². The highest BCUT2D eigenvalue weighted by molar-refractivity contribution is 7.80. The molecular formula is C9H12FN3O3S. The SMILES string of the molecule is CC[C@@H](OC(=S)CO)n1cc(F)c(N)nc1=O. The Morgan fingerprint density at radius 2 is 2.47 bits per heavy atom. The van der Waals surface area contributed by atoms with Crippen LogP contribution in [0.5, 0.6) is 0 Å². The first-order valence-corrected chi connectivity index (χ1v) is 5.25. The minimum Gasteiger partial charge on any atom is -0.461 e. The number of nitrogens with two attached hydrogens (primary N) is 1. The van der Waals surface area contributed by atoms with Crippen molar-refractivity contribution in [1.82, 2.24) is 9.55 Å². The zero-order chi connectivity index (χ0) is 13.0. The Hall–Kier alpha value is -1.54. The molecule has 0 spiro atoms. The van der Waals surface area contributed by atoms with Crippen molar-refractivity contribution in [2.45, 2.75) is 19.6 Å². The van der Waals surface area contributed by atoms with Gasteiger partial charge in [-0.15, -0.1) is 0 Å². The molecule has 0 radical (unpaired) electrons. The molecule has 1 atom stereocenters. The second-order valence-corrected chi connectivity index (χ2v) is 3.63. The van der Waals surface area contributed by atoms with Gasteiger partial charge in [0.15, 0.2) is 22.9 Å². The number of halogens is 1. The average Bonchev–Trinajstić information content (AvgIpc) is 2.30. The summed E-state index contributed by atoms with van der Waals surface area (Å²) >= 11 is 4.67. The summed E-state index contributed by atoms with van der Waals surface area (Å²) in [6.07, 6.45) is 0.439. The number of aromatic nitrogens is 2. The molecule has 94 valence electrons. The lowest BCUT2D eigenvalue weighted by atomic mass is 10.4. The molecule has 0 fully saturated rings. The van der Waals surface area contributed by atoms with Gasteiger partial charge in [-0.25, -0.2) is 9.18 Å². The van der Waals surface area contributed by atoms with E-state index in [4.69, 9.17) is 15.6 Å². The van der Waals surface area contributed by atoms with Crippen LogP contribution in [-0.2, 0) is 4.74 Å². The molecule has 6 nitrogen and oxygen atoms in total. The molecule has 0 aliphatic heterocycles. The summed E-state index contributed by atoms with van der Waals surface area (Å²) in [5.41, 5.74) is 4.41. The third-order valence-electron chi connectivity index (χ3n) is 1.99. The highest BCUT2D eigenvalue weighted by atomic mass is 32.1. The van der Waals surface area contributed by atoms with E-state index in [0.717, 1.165) is 10.8 Å². The molecule has 1 aromatic heterocycles. The first kappa shape index (κ1) is 13.5. The number of aliphatic hydroxyl groups excluding tert-OH is 1. The van der Waals surface area contributed by atoms with Crippen LogP contribution in [0.3, 0.4) is 0 Å². The number of hydrogen-bond donors (Lipinski definition) is 2. The molecule has 0 aliphatic carbocycles. The molecule has 3 N–H and O–H groups in total. The summed E-state index contributed by atoms with van der Waals surface area (Å²) < 4.78 is 19.2. The molecule has 1 aromatic rings. The lowest BCUT2D eigenvalue weighted by Crippen LogP contribution is -2.30. The lowest BCUT2D eigenvalue weighted by molar-refractivity contribution is 0.101. The molecule has 8 heteroatoms. The minimum atomic E-state index is -0.818. The minimum absolute atomic E-state index is 0.0824. The zero-order valence-corrected chi connectivity index (χ0v) is 9.91. The average molecular weight is 261 g/mol. The summed E-state index contributed by atoms with van der Waals surface area (Å²) in [6.45, 7) is 1.26. The van der Waals surface area contributed by atoms with E-state index in [9.17, 15) is 9.18 Å². The monoisotopic (exact) mass is 261 g/mol. The molecule has 0 bridgehead atoms. The van der Waals surface area contributed by atoms with Crippen LogP contribution in [0.25, 0.3) is 0 Å². The van der Waals surface area contributed by atoms with Crippen molar-refractivity contribution < 1.29 is 14.2 Å². The molecule has 0 saturated carbocycles. The third-order valence-corrected chi connectivity index (χ3v) is 2.22. The quantitative estimate of drug-likeness (QED) is 0.753. The number of ether oxygens (including phenoxy) is 1. The van der Waals surface area contributed by atoms with E-state index >= 15 is 0 Å². The van der Waals surface area contributed by atoms with Crippen molar-refractivity contribution in [3.8, 4) is 0 Å². The largest absolute Gasteiger partial charge is 0.461 e. The zero-order valence-electron chi connectivity index (χ0n) is 9.09. The van der Waals surface area contributed by atoms with E-state index in [-0.39, 0.29) is 5.05 Å². The van der Waals surface area contributed by atoms with Gasteiger partial charge in [0.2, 0.25) is 0 Å². The van der Waals surface area contributed by atoms with Crippen LogP contribution in [0.4, 0.5) is 10.2 Å². The number of thiocarbonyl (C=S) groups is 1. The van der Waals surface area contributed by atoms with E-state index in [1.807, 2.05) is 0 Å². The van der Waals surface area contributed by atoms with E-state index in [1.165, 1.54) is 0 Å². The maximum absolute atomic E-state index is 13.2.